The van der Waals surface area contributed by atoms with E-state index < -0.39 is 0 Å². The summed E-state index contributed by atoms with van der Waals surface area (Å²) in [4.78, 5) is 0. The van der Waals surface area contributed by atoms with Crippen LogP contribution in [0.25, 0.3) is 66.8 Å². The highest BCUT2D eigenvalue weighted by Crippen LogP contribution is 2.30. The summed E-state index contributed by atoms with van der Waals surface area (Å²) in [6.45, 7) is 24.0. The summed E-state index contributed by atoms with van der Waals surface area (Å²) in [5.74, 6) is 0. The molecule has 0 aromatic heterocycles. The molecule has 0 aliphatic rings. The molecule has 9 aromatic rings. The quantitative estimate of drug-likeness (QED) is 0.156. The third kappa shape index (κ3) is 19.8. The van der Waals surface area contributed by atoms with Gasteiger partial charge in [0.2, 0.25) is 0 Å². The lowest BCUT2D eigenvalue weighted by atomic mass is 9.96. The Kier molecular flexibility index (Phi) is 32.3. The van der Waals surface area contributed by atoms with Gasteiger partial charge in [0.15, 0.2) is 0 Å². The van der Waals surface area contributed by atoms with Gasteiger partial charge in [0.05, 0.1) is 0 Å². The summed E-state index contributed by atoms with van der Waals surface area (Å²) < 4.78 is 0. The van der Waals surface area contributed by atoms with E-state index in [4.69, 9.17) is 0 Å². The summed E-state index contributed by atoms with van der Waals surface area (Å²) in [6, 6.07) is 88.9. The van der Waals surface area contributed by atoms with Crippen molar-refractivity contribution >= 4 is 0 Å². The van der Waals surface area contributed by atoms with Crippen molar-refractivity contribution in [2.24, 2.45) is 0 Å². The van der Waals surface area contributed by atoms with E-state index >= 15 is 0 Å². The van der Waals surface area contributed by atoms with Gasteiger partial charge < -0.3 is 0 Å². The summed E-state index contributed by atoms with van der Waals surface area (Å²) in [7, 11) is 0. The molecule has 0 fully saturated rings. The normalized spacial score (nSPS) is 8.91. The Bertz CT molecular complexity index is 2260. The van der Waals surface area contributed by atoms with Gasteiger partial charge in [0.25, 0.3) is 0 Å². The van der Waals surface area contributed by atoms with Crippen LogP contribution in [0.3, 0.4) is 0 Å². The Labute approximate surface area is 402 Å². The molecule has 0 aliphatic carbocycles. The van der Waals surface area contributed by atoms with Gasteiger partial charge in [0.1, 0.15) is 0 Å². The van der Waals surface area contributed by atoms with Crippen LogP contribution in [0.15, 0.2) is 255 Å². The van der Waals surface area contributed by atoms with Gasteiger partial charge in [-0.05, 0) is 85.0 Å². The zero-order valence-electron chi connectivity index (χ0n) is 42.2. The van der Waals surface area contributed by atoms with Crippen molar-refractivity contribution in [1.82, 2.24) is 0 Å². The summed E-state index contributed by atoms with van der Waals surface area (Å²) in [5, 5.41) is 0. The largest absolute Gasteiger partial charge is 0.0683 e. The zero-order chi connectivity index (χ0) is 48.6. The van der Waals surface area contributed by atoms with Crippen molar-refractivity contribution < 1.29 is 0 Å². The SMILES string of the molecule is CC.CC.CC.CC.CC.CC.c1ccc(-c2cccc(-c3cccc(-c4ccccc4)c3)c2)cc1.c1ccc(-c2cccc(-c3ccccc3)c2)cc1.c1ccc(-c2ccccc2)cc1. The van der Waals surface area contributed by atoms with Gasteiger partial charge in [-0.25, -0.2) is 0 Å². The first kappa shape index (κ1) is 57.0. The third-order valence-electron chi connectivity index (χ3n) is 9.23. The average Bonchev–Trinajstić information content (AvgIpc) is 3.46. The maximum absolute atomic E-state index is 2.26. The maximum atomic E-state index is 2.26. The molecule has 0 N–H and O–H groups in total. The Morgan fingerprint density at radius 2 is 0.227 bits per heavy atom. The van der Waals surface area contributed by atoms with Crippen LogP contribution in [0.5, 0.6) is 0 Å². The van der Waals surface area contributed by atoms with Gasteiger partial charge in [-0.15, -0.1) is 0 Å². The molecule has 66 heavy (non-hydrogen) atoms. The van der Waals surface area contributed by atoms with E-state index in [0.29, 0.717) is 0 Å². The first-order valence-corrected chi connectivity index (χ1v) is 24.4. The molecule has 0 saturated heterocycles. The van der Waals surface area contributed by atoms with Crippen molar-refractivity contribution in [3.8, 4) is 66.8 Å². The fourth-order valence-corrected chi connectivity index (χ4v) is 6.42. The van der Waals surface area contributed by atoms with Crippen molar-refractivity contribution in [3.05, 3.63) is 255 Å². The standard InChI is InChI=1S/C24H18.C18H14.C12H10.6C2H6/c1-3-9-19(10-4-1)21-13-7-15-23(17-21)24-16-8-14-22(18-24)20-11-5-2-6-12-20;1-3-8-15(9-4-1)17-12-7-13-18(14-17)16-10-5-2-6-11-16;1-3-7-11(8-4-1)12-9-5-2-6-10-12;6*1-2/h1-18H;1-14H;1-10H;6*1-2H3. The summed E-state index contributed by atoms with van der Waals surface area (Å²) in [5.41, 5.74) is 15.1. The van der Waals surface area contributed by atoms with Crippen molar-refractivity contribution in [2.75, 3.05) is 0 Å². The molecule has 9 rings (SSSR count). The molecule has 0 heterocycles. The molecule has 0 radical (unpaired) electrons. The van der Waals surface area contributed by atoms with Crippen LogP contribution in [0.2, 0.25) is 0 Å². The van der Waals surface area contributed by atoms with Gasteiger partial charge in [-0.3, -0.25) is 0 Å². The van der Waals surface area contributed by atoms with E-state index in [1.165, 1.54) is 66.8 Å². The highest BCUT2D eigenvalue weighted by Gasteiger charge is 2.04. The van der Waals surface area contributed by atoms with Crippen LogP contribution in [0.1, 0.15) is 83.1 Å². The lowest BCUT2D eigenvalue weighted by molar-refractivity contribution is 1.50. The fourth-order valence-electron chi connectivity index (χ4n) is 6.42. The van der Waals surface area contributed by atoms with Gasteiger partial charge in [-0.2, -0.15) is 0 Å². The molecule has 0 nitrogen and oxygen atoms in total. The molecule has 0 saturated carbocycles. The monoisotopic (exact) mass is 871 g/mol. The molecule has 342 valence electrons. The minimum atomic E-state index is 1.24. The molecule has 0 bridgehead atoms. The van der Waals surface area contributed by atoms with E-state index in [-0.39, 0.29) is 0 Å². The van der Waals surface area contributed by atoms with E-state index in [2.05, 4.69) is 231 Å². The van der Waals surface area contributed by atoms with E-state index in [9.17, 15) is 0 Å². The number of hydrogen-bond donors (Lipinski definition) is 0. The fraction of sp³-hybridized carbons (Fsp3) is 0.182. The van der Waals surface area contributed by atoms with Crippen LogP contribution in [0.4, 0.5) is 0 Å². The molecule has 0 atom stereocenters. The second kappa shape index (κ2) is 37.4. The molecule has 0 spiro atoms. The lowest BCUT2D eigenvalue weighted by Crippen LogP contribution is -1.83. The first-order valence-electron chi connectivity index (χ1n) is 24.4. The van der Waals surface area contributed by atoms with Crippen LogP contribution < -0.4 is 0 Å². The van der Waals surface area contributed by atoms with E-state index in [1.54, 1.807) is 0 Å². The van der Waals surface area contributed by atoms with Crippen LogP contribution >= 0.6 is 0 Å². The maximum Gasteiger partial charge on any atom is -0.0178 e. The predicted octanol–water partition coefficient (Wildman–Crippen LogP) is 21.2. The van der Waals surface area contributed by atoms with E-state index in [1.807, 2.05) is 107 Å². The van der Waals surface area contributed by atoms with Crippen LogP contribution in [-0.2, 0) is 0 Å². The smallest absolute Gasteiger partial charge is 0.0178 e. The molecular formula is C66H78. The first-order chi connectivity index (χ1) is 32.8. The number of rotatable bonds is 6. The highest BCUT2D eigenvalue weighted by atomic mass is 14.1. The number of benzene rings is 9. The second-order valence-corrected chi connectivity index (χ2v) is 12.9. The van der Waals surface area contributed by atoms with Gasteiger partial charge in [-0.1, -0.05) is 320 Å². The van der Waals surface area contributed by atoms with Crippen molar-refractivity contribution in [2.45, 2.75) is 83.1 Å². The molecule has 0 amide bonds. The predicted molar refractivity (Wildman–Crippen MR) is 300 cm³/mol. The second-order valence-electron chi connectivity index (χ2n) is 12.9. The van der Waals surface area contributed by atoms with Gasteiger partial charge >= 0.3 is 0 Å². The Hall–Kier alpha value is -7.02. The Balaban J connectivity index is 0.000000460. The zero-order valence-corrected chi connectivity index (χ0v) is 42.2. The Morgan fingerprint density at radius 1 is 0.121 bits per heavy atom. The minimum Gasteiger partial charge on any atom is -0.0683 e. The van der Waals surface area contributed by atoms with Crippen molar-refractivity contribution in [1.29, 1.82) is 0 Å². The number of hydrogen-bond acceptors (Lipinski definition) is 0. The molecule has 9 aromatic carbocycles. The van der Waals surface area contributed by atoms with E-state index in [0.717, 1.165) is 0 Å². The van der Waals surface area contributed by atoms with Crippen LogP contribution in [0, 0.1) is 0 Å². The minimum absolute atomic E-state index is 1.24. The topological polar surface area (TPSA) is 0 Å². The summed E-state index contributed by atoms with van der Waals surface area (Å²) in [6.07, 6.45) is 0. The van der Waals surface area contributed by atoms with Crippen molar-refractivity contribution in [3.63, 3.8) is 0 Å². The Morgan fingerprint density at radius 3 is 0.379 bits per heavy atom. The highest BCUT2D eigenvalue weighted by molar-refractivity contribution is 5.77. The molecule has 0 heteroatoms. The average molecular weight is 871 g/mol. The van der Waals surface area contributed by atoms with Crippen LogP contribution in [-0.4, -0.2) is 0 Å². The lowest BCUT2D eigenvalue weighted by Gasteiger charge is -2.08. The third-order valence-corrected chi connectivity index (χ3v) is 9.23. The molecular weight excluding hydrogens is 793 g/mol. The molecule has 0 unspecified atom stereocenters. The molecule has 0 aliphatic heterocycles. The summed E-state index contributed by atoms with van der Waals surface area (Å²) >= 11 is 0. The van der Waals surface area contributed by atoms with Gasteiger partial charge in [0, 0.05) is 0 Å².